The maximum atomic E-state index is 13.3. The molecule has 0 N–H and O–H groups in total. The lowest BCUT2D eigenvalue weighted by Gasteiger charge is -2.18. The van der Waals surface area contributed by atoms with Crippen LogP contribution in [0.1, 0.15) is 19.4 Å². The number of para-hydroxylation sites is 1. The van der Waals surface area contributed by atoms with Crippen molar-refractivity contribution in [2.75, 3.05) is 27.4 Å². The lowest BCUT2D eigenvalue weighted by atomic mass is 10.2. The van der Waals surface area contributed by atoms with Crippen molar-refractivity contribution in [3.05, 3.63) is 57.3 Å². The zero-order valence-electron chi connectivity index (χ0n) is 18.2. The summed E-state index contributed by atoms with van der Waals surface area (Å²) in [6, 6.07) is 10.3. The van der Waals surface area contributed by atoms with Gasteiger partial charge in [-0.25, -0.2) is 9.55 Å². The zero-order chi connectivity index (χ0) is 23.3. The number of benzene rings is 2. The van der Waals surface area contributed by atoms with Gasteiger partial charge in [0.15, 0.2) is 11.5 Å². The molecule has 0 bridgehead atoms. The van der Waals surface area contributed by atoms with E-state index in [1.807, 2.05) is 0 Å². The van der Waals surface area contributed by atoms with Crippen LogP contribution in [-0.4, -0.2) is 37.0 Å². The van der Waals surface area contributed by atoms with Gasteiger partial charge in [0.2, 0.25) is 0 Å². The van der Waals surface area contributed by atoms with Crippen molar-refractivity contribution >= 4 is 30.5 Å². The fraction of sp³-hybridized carbons (Fsp3) is 0.333. The first-order chi connectivity index (χ1) is 15.4. The second-order valence-electron chi connectivity index (χ2n) is 6.48. The van der Waals surface area contributed by atoms with Gasteiger partial charge in [-0.2, -0.15) is 0 Å². The molecule has 0 amide bonds. The Morgan fingerprint density at radius 1 is 1.03 bits per heavy atom. The lowest BCUT2D eigenvalue weighted by molar-refractivity contribution is 0.165. The summed E-state index contributed by atoms with van der Waals surface area (Å²) in [7, 11) is -0.965. The quantitative estimate of drug-likeness (QED) is 0.384. The van der Waals surface area contributed by atoms with Gasteiger partial charge >= 0.3 is 13.4 Å². The molecule has 0 unspecified atom stereocenters. The molecule has 0 spiro atoms. The largest absolute Gasteiger partial charge is 0.531 e. The van der Waals surface area contributed by atoms with Gasteiger partial charge in [-0.3, -0.25) is 18.4 Å². The van der Waals surface area contributed by atoms with E-state index in [0.717, 1.165) is 5.56 Å². The van der Waals surface area contributed by atoms with E-state index in [1.54, 1.807) is 50.2 Å². The number of hydrogen-bond acceptors (Lipinski definition) is 8. The van der Waals surface area contributed by atoms with Crippen LogP contribution in [0.3, 0.4) is 0 Å². The summed E-state index contributed by atoms with van der Waals surface area (Å²) < 4.78 is 40.6. The third kappa shape index (κ3) is 5.07. The van der Waals surface area contributed by atoms with E-state index in [0.29, 0.717) is 27.6 Å². The lowest BCUT2D eigenvalue weighted by Crippen LogP contribution is -2.24. The van der Waals surface area contributed by atoms with Crippen LogP contribution in [0, 0.1) is 0 Å². The van der Waals surface area contributed by atoms with Crippen molar-refractivity contribution in [2.45, 2.75) is 20.4 Å². The molecule has 1 heterocycles. The standard InChI is InChI=1S/C21H24ClN2O7P/c1-5-29-32(26,30-6-2)31-20-21(25)24(19-15(22)8-7-9-16(19)23-20)13-14-10-11-17(27-3)18(12-14)28-4/h7-12H,5-6,13H2,1-4H3. The Bertz CT molecular complexity index is 1200. The smallest absolute Gasteiger partial charge is 0.493 e. The van der Waals surface area contributed by atoms with E-state index in [4.69, 9.17) is 34.6 Å². The van der Waals surface area contributed by atoms with Gasteiger partial charge in [0.25, 0.3) is 5.88 Å². The summed E-state index contributed by atoms with van der Waals surface area (Å²) in [5.74, 6) is 0.654. The van der Waals surface area contributed by atoms with Gasteiger partial charge in [0, 0.05) is 0 Å². The molecule has 9 nitrogen and oxygen atoms in total. The molecule has 3 aromatic rings. The maximum absolute atomic E-state index is 13.3. The van der Waals surface area contributed by atoms with Crippen LogP contribution in [0.5, 0.6) is 17.4 Å². The second-order valence-corrected chi connectivity index (χ2v) is 8.48. The van der Waals surface area contributed by atoms with Crippen LogP contribution >= 0.6 is 19.4 Å². The van der Waals surface area contributed by atoms with E-state index < -0.39 is 19.3 Å². The van der Waals surface area contributed by atoms with E-state index in [9.17, 15) is 9.36 Å². The van der Waals surface area contributed by atoms with Crippen molar-refractivity contribution in [3.8, 4) is 17.4 Å². The highest BCUT2D eigenvalue weighted by Gasteiger charge is 2.30. The zero-order valence-corrected chi connectivity index (χ0v) is 19.8. The van der Waals surface area contributed by atoms with E-state index in [-0.39, 0.29) is 19.8 Å². The number of fused-ring (bicyclic) bond motifs is 1. The first-order valence-corrected chi connectivity index (χ1v) is 11.7. The molecule has 0 aliphatic heterocycles. The van der Waals surface area contributed by atoms with Crippen LogP contribution in [0.4, 0.5) is 0 Å². The minimum Gasteiger partial charge on any atom is -0.493 e. The van der Waals surface area contributed by atoms with Gasteiger partial charge in [0.05, 0.1) is 50.0 Å². The van der Waals surface area contributed by atoms with Gasteiger partial charge in [-0.15, -0.1) is 0 Å². The molecule has 0 aliphatic carbocycles. The normalized spacial score (nSPS) is 11.5. The number of methoxy groups -OCH3 is 2. The van der Waals surface area contributed by atoms with Crippen molar-refractivity contribution in [3.63, 3.8) is 0 Å². The van der Waals surface area contributed by atoms with Crippen LogP contribution in [0.25, 0.3) is 11.0 Å². The molecule has 32 heavy (non-hydrogen) atoms. The summed E-state index contributed by atoms with van der Waals surface area (Å²) >= 11 is 6.40. The summed E-state index contributed by atoms with van der Waals surface area (Å²) in [6.07, 6.45) is 0. The predicted octanol–water partition coefficient (Wildman–Crippen LogP) is 4.68. The molecule has 0 aliphatic rings. The molecule has 3 rings (SSSR count). The minimum atomic E-state index is -4.03. The first kappa shape index (κ1) is 24.1. The highest BCUT2D eigenvalue weighted by atomic mass is 35.5. The number of aromatic nitrogens is 2. The molecule has 1 aromatic heterocycles. The van der Waals surface area contributed by atoms with Crippen molar-refractivity contribution in [1.82, 2.24) is 9.55 Å². The highest BCUT2D eigenvalue weighted by molar-refractivity contribution is 7.48. The molecule has 172 valence electrons. The van der Waals surface area contributed by atoms with Crippen LogP contribution in [-0.2, 0) is 20.2 Å². The molecule has 11 heteroatoms. The van der Waals surface area contributed by atoms with E-state index in [2.05, 4.69) is 4.98 Å². The monoisotopic (exact) mass is 482 g/mol. The number of hydrogen-bond donors (Lipinski definition) is 0. The van der Waals surface area contributed by atoms with Gasteiger partial charge in [-0.1, -0.05) is 23.7 Å². The molecular weight excluding hydrogens is 459 g/mol. The SMILES string of the molecule is CCOP(=O)(OCC)Oc1nc2cccc(Cl)c2n(Cc2ccc(OC)c(OC)c2)c1=O. The first-order valence-electron chi connectivity index (χ1n) is 9.84. The number of phosphoric acid groups is 1. The Balaban J connectivity index is 2.15. The number of phosphoric ester groups is 1. The van der Waals surface area contributed by atoms with Crippen molar-refractivity contribution in [1.29, 1.82) is 0 Å². The fourth-order valence-corrected chi connectivity index (χ4v) is 4.53. The molecule has 0 saturated heterocycles. The number of halogens is 1. The van der Waals surface area contributed by atoms with Crippen LogP contribution in [0.2, 0.25) is 5.02 Å². The number of nitrogens with zero attached hydrogens (tertiary/aromatic N) is 2. The van der Waals surface area contributed by atoms with E-state index in [1.165, 1.54) is 18.8 Å². The minimum absolute atomic E-state index is 0.0660. The average molecular weight is 483 g/mol. The molecular formula is C21H24ClN2O7P. The predicted molar refractivity (Wildman–Crippen MR) is 121 cm³/mol. The average Bonchev–Trinajstić information content (AvgIpc) is 2.76. The molecule has 0 saturated carbocycles. The number of rotatable bonds is 10. The fourth-order valence-electron chi connectivity index (χ4n) is 3.12. The summed E-state index contributed by atoms with van der Waals surface area (Å²) in [5.41, 5.74) is 0.886. The Hall–Kier alpha value is -2.58. The third-order valence-corrected chi connectivity index (χ3v) is 6.30. The topological polar surface area (TPSA) is 98.1 Å². The second kappa shape index (κ2) is 10.4. The molecule has 0 radical (unpaired) electrons. The summed E-state index contributed by atoms with van der Waals surface area (Å²) in [6.45, 7) is 3.52. The Morgan fingerprint density at radius 3 is 2.34 bits per heavy atom. The highest BCUT2D eigenvalue weighted by Crippen LogP contribution is 2.48. The molecule has 0 fully saturated rings. The third-order valence-electron chi connectivity index (χ3n) is 4.45. The van der Waals surface area contributed by atoms with E-state index >= 15 is 0 Å². The Kier molecular flexibility index (Phi) is 7.79. The van der Waals surface area contributed by atoms with Crippen molar-refractivity contribution < 1.29 is 27.6 Å². The van der Waals surface area contributed by atoms with Crippen LogP contribution in [0.15, 0.2) is 41.2 Å². The summed E-state index contributed by atoms with van der Waals surface area (Å²) in [5, 5.41) is 0.330. The van der Waals surface area contributed by atoms with Gasteiger partial charge < -0.3 is 14.0 Å². The number of ether oxygens (including phenoxy) is 2. The molecule has 2 aromatic carbocycles. The van der Waals surface area contributed by atoms with Gasteiger partial charge in [0.1, 0.15) is 0 Å². The Labute approximate surface area is 190 Å². The summed E-state index contributed by atoms with van der Waals surface area (Å²) in [4.78, 5) is 17.6. The molecule has 0 atom stereocenters. The van der Waals surface area contributed by atoms with Crippen molar-refractivity contribution in [2.24, 2.45) is 0 Å². The maximum Gasteiger partial charge on any atom is 0.531 e. The Morgan fingerprint density at radius 2 is 1.72 bits per heavy atom. The van der Waals surface area contributed by atoms with Gasteiger partial charge in [-0.05, 0) is 43.7 Å². The van der Waals surface area contributed by atoms with Crippen LogP contribution < -0.4 is 19.6 Å².